The van der Waals surface area contributed by atoms with E-state index in [9.17, 15) is 14.4 Å². The number of likely N-dealkylation sites (N-methyl/N-ethyl adjacent to an activating group) is 1. The predicted octanol–water partition coefficient (Wildman–Crippen LogP) is 1.45. The molecule has 4 aromatic rings. The molecule has 3 aromatic heterocycles. The first-order valence-electron chi connectivity index (χ1n) is 15.5. The molecule has 2 amide bonds. The maximum atomic E-state index is 12.7. The van der Waals surface area contributed by atoms with Crippen molar-refractivity contribution in [3.05, 3.63) is 101 Å². The second-order valence-corrected chi connectivity index (χ2v) is 11.8. The van der Waals surface area contributed by atoms with Crippen molar-refractivity contribution in [2.75, 3.05) is 37.4 Å². The Morgan fingerprint density at radius 1 is 1.08 bits per heavy atom. The Labute approximate surface area is 277 Å². The summed E-state index contributed by atoms with van der Waals surface area (Å²) >= 11 is 0. The van der Waals surface area contributed by atoms with Gasteiger partial charge in [-0.3, -0.25) is 28.6 Å². The number of nitrogens with two attached hydrogens (primary N) is 2. The second kappa shape index (κ2) is 13.4. The van der Waals surface area contributed by atoms with Crippen molar-refractivity contribution in [1.82, 2.24) is 40.1 Å². The molecule has 0 aliphatic carbocycles. The lowest BCUT2D eigenvalue weighted by Gasteiger charge is -2.31. The lowest BCUT2D eigenvalue weighted by atomic mass is 9.97. The van der Waals surface area contributed by atoms with Crippen LogP contribution >= 0.6 is 0 Å². The van der Waals surface area contributed by atoms with E-state index < -0.39 is 11.8 Å². The van der Waals surface area contributed by atoms with E-state index in [4.69, 9.17) is 16.6 Å². The normalized spacial score (nSPS) is 16.5. The predicted molar refractivity (Wildman–Crippen MR) is 180 cm³/mol. The van der Waals surface area contributed by atoms with Crippen LogP contribution in [0.3, 0.4) is 0 Å². The molecule has 15 heteroatoms. The molecular weight excluding hydrogens is 612 g/mol. The van der Waals surface area contributed by atoms with Crippen LogP contribution in [0.15, 0.2) is 78.1 Å². The van der Waals surface area contributed by atoms with Gasteiger partial charge >= 0.3 is 0 Å². The molecular formula is C33H38N12O3. The smallest absolute Gasteiger partial charge is 0.277 e. The number of aryl methyl sites for hydroxylation is 1. The van der Waals surface area contributed by atoms with Gasteiger partial charge in [0.1, 0.15) is 17.2 Å². The largest absolute Gasteiger partial charge is 0.393 e. The molecule has 6 rings (SSSR count). The number of hydrogen-bond acceptors (Lipinski definition) is 11. The molecule has 2 aliphatic rings. The molecule has 0 radical (unpaired) electrons. The van der Waals surface area contributed by atoms with Crippen molar-refractivity contribution in [2.24, 2.45) is 18.5 Å². The number of benzene rings is 1. The first-order chi connectivity index (χ1) is 23.1. The van der Waals surface area contributed by atoms with Gasteiger partial charge in [-0.1, -0.05) is 18.2 Å². The minimum atomic E-state index is -0.517. The molecule has 1 atom stereocenters. The number of nitrogens with one attached hydrogen (secondary N) is 3. The number of allylic oxidation sites excluding steroid dienone is 1. The highest BCUT2D eigenvalue weighted by Gasteiger charge is 2.32. The van der Waals surface area contributed by atoms with Gasteiger partial charge in [-0.25, -0.2) is 4.98 Å². The first-order valence-corrected chi connectivity index (χ1v) is 15.5. The van der Waals surface area contributed by atoms with Gasteiger partial charge in [-0.15, -0.1) is 0 Å². The van der Waals surface area contributed by atoms with E-state index in [1.807, 2.05) is 43.6 Å². The Morgan fingerprint density at radius 2 is 1.90 bits per heavy atom. The maximum Gasteiger partial charge on any atom is 0.277 e. The molecule has 7 N–H and O–H groups in total. The van der Waals surface area contributed by atoms with Gasteiger partial charge in [-0.05, 0) is 30.7 Å². The number of anilines is 2. The highest BCUT2D eigenvalue weighted by Crippen LogP contribution is 2.44. The van der Waals surface area contributed by atoms with E-state index in [-0.39, 0.29) is 29.0 Å². The molecule has 1 saturated heterocycles. The van der Waals surface area contributed by atoms with Gasteiger partial charge in [0.25, 0.3) is 11.8 Å². The van der Waals surface area contributed by atoms with Crippen molar-refractivity contribution in [2.45, 2.75) is 25.6 Å². The number of rotatable bonds is 10. The SMILES string of the molecule is CNC(=O)/C(N)=C(/C=C(\N)NC(=O)c1ccn(C)n1)Nc1cccc2c1N(C)Cc1c-2cnn1C1CCN(Cc2cccc(C=O)n2)C1. The van der Waals surface area contributed by atoms with Crippen LogP contribution in [-0.2, 0) is 24.9 Å². The number of likely N-dealkylation sites (tertiary alicyclic amines) is 1. The first kappa shape index (κ1) is 32.0. The molecule has 1 unspecified atom stereocenters. The van der Waals surface area contributed by atoms with E-state index in [1.165, 1.54) is 17.8 Å². The lowest BCUT2D eigenvalue weighted by molar-refractivity contribution is -0.117. The van der Waals surface area contributed by atoms with E-state index in [0.29, 0.717) is 24.5 Å². The summed E-state index contributed by atoms with van der Waals surface area (Å²) in [7, 11) is 5.18. The molecule has 1 fully saturated rings. The average Bonchev–Trinajstić information content (AvgIpc) is 3.84. The van der Waals surface area contributed by atoms with Crippen LogP contribution in [0.1, 0.15) is 44.8 Å². The molecule has 2 aliphatic heterocycles. The van der Waals surface area contributed by atoms with Crippen LogP contribution < -0.4 is 32.3 Å². The van der Waals surface area contributed by atoms with Crippen molar-refractivity contribution in [3.63, 3.8) is 0 Å². The number of fused-ring (bicyclic) bond motifs is 3. The summed E-state index contributed by atoms with van der Waals surface area (Å²) in [6.45, 7) is 2.98. The van der Waals surface area contributed by atoms with Gasteiger partial charge in [0.15, 0.2) is 12.0 Å². The number of aromatic nitrogens is 5. The zero-order valence-corrected chi connectivity index (χ0v) is 27.0. The maximum absolute atomic E-state index is 12.7. The Balaban J connectivity index is 1.25. The van der Waals surface area contributed by atoms with Crippen molar-refractivity contribution in [1.29, 1.82) is 0 Å². The summed E-state index contributed by atoms with van der Waals surface area (Å²) in [6.07, 6.45) is 6.67. The number of pyridine rings is 1. The van der Waals surface area contributed by atoms with E-state index in [1.54, 1.807) is 25.4 Å². The summed E-state index contributed by atoms with van der Waals surface area (Å²) in [6, 6.07) is 13.1. The fourth-order valence-corrected chi connectivity index (χ4v) is 6.20. The molecule has 248 valence electrons. The number of carbonyl (C=O) groups excluding carboxylic acids is 3. The third-order valence-corrected chi connectivity index (χ3v) is 8.46. The van der Waals surface area contributed by atoms with E-state index >= 15 is 0 Å². The highest BCUT2D eigenvalue weighted by molar-refractivity contribution is 5.96. The average molecular weight is 651 g/mol. The Morgan fingerprint density at radius 3 is 2.65 bits per heavy atom. The zero-order valence-electron chi connectivity index (χ0n) is 27.0. The molecule has 5 heterocycles. The van der Waals surface area contributed by atoms with Crippen LogP contribution in [0.4, 0.5) is 11.4 Å². The Bertz CT molecular complexity index is 1940. The lowest BCUT2D eigenvalue weighted by Crippen LogP contribution is -2.31. The van der Waals surface area contributed by atoms with Crippen LogP contribution in [-0.4, -0.2) is 74.7 Å². The van der Waals surface area contributed by atoms with Crippen LogP contribution in [0.5, 0.6) is 0 Å². The number of nitrogens with zero attached hydrogens (tertiary/aromatic N) is 7. The van der Waals surface area contributed by atoms with Gasteiger partial charge in [0.05, 0.1) is 47.2 Å². The van der Waals surface area contributed by atoms with Crippen molar-refractivity contribution in [3.8, 4) is 11.1 Å². The standard InChI is InChI=1S/C33H38N12O3/c1-36-33(48)30(35)27(14-29(34)40-32(47)26-11-12-43(3)41-26)39-25-9-5-8-23-24-15-37-45(28(24)18-42(2)31(23)25)22-10-13-44(17-22)16-20-6-4-7-21(19-46)38-20/h4-9,11-12,14-15,19,22,39H,10,13,16-18,34-35H2,1-3H3,(H,36,48)(H,40,47)/b29-14+,30-27+. The summed E-state index contributed by atoms with van der Waals surface area (Å²) in [5.74, 6) is -1.05. The Kier molecular flexibility index (Phi) is 8.94. The Hall–Kier alpha value is -5.96. The van der Waals surface area contributed by atoms with Gasteiger partial charge in [-0.2, -0.15) is 10.2 Å². The molecule has 48 heavy (non-hydrogen) atoms. The summed E-state index contributed by atoms with van der Waals surface area (Å²) in [5.41, 5.74) is 18.7. The fourth-order valence-electron chi connectivity index (χ4n) is 6.20. The molecule has 15 nitrogen and oxygen atoms in total. The molecule has 1 aromatic carbocycles. The van der Waals surface area contributed by atoms with Gasteiger partial charge in [0.2, 0.25) is 0 Å². The van der Waals surface area contributed by atoms with Crippen LogP contribution in [0.2, 0.25) is 0 Å². The van der Waals surface area contributed by atoms with Crippen LogP contribution in [0.25, 0.3) is 11.1 Å². The van der Waals surface area contributed by atoms with Crippen molar-refractivity contribution < 1.29 is 14.4 Å². The number of carbonyl (C=O) groups is 3. The van der Waals surface area contributed by atoms with Crippen molar-refractivity contribution >= 4 is 29.5 Å². The van der Waals surface area contributed by atoms with Gasteiger partial charge < -0.3 is 32.3 Å². The van der Waals surface area contributed by atoms with Crippen LogP contribution in [0, 0.1) is 0 Å². The number of amides is 2. The quantitative estimate of drug-likeness (QED) is 0.0947. The molecule has 0 bridgehead atoms. The van der Waals surface area contributed by atoms with Gasteiger partial charge in [0, 0.05) is 64.2 Å². The van der Waals surface area contributed by atoms with E-state index in [0.717, 1.165) is 54.0 Å². The fraction of sp³-hybridized carbons (Fsp3) is 0.273. The third kappa shape index (κ3) is 6.48. The minimum Gasteiger partial charge on any atom is -0.393 e. The monoisotopic (exact) mass is 650 g/mol. The van der Waals surface area contributed by atoms with E-state index in [2.05, 4.69) is 40.5 Å². The number of para-hydroxylation sites is 1. The number of aldehydes is 1. The molecule has 0 spiro atoms. The second-order valence-electron chi connectivity index (χ2n) is 11.8. The zero-order chi connectivity index (χ0) is 33.9. The minimum absolute atomic E-state index is 0.0282. The number of hydrogen-bond donors (Lipinski definition) is 5. The topological polar surface area (TPSA) is 194 Å². The summed E-state index contributed by atoms with van der Waals surface area (Å²) in [4.78, 5) is 45.4. The third-order valence-electron chi connectivity index (χ3n) is 8.46. The summed E-state index contributed by atoms with van der Waals surface area (Å²) < 4.78 is 3.64. The summed E-state index contributed by atoms with van der Waals surface area (Å²) in [5, 5.41) is 17.4. The molecule has 0 saturated carbocycles. The highest BCUT2D eigenvalue weighted by atomic mass is 16.2.